The van der Waals surface area contributed by atoms with Gasteiger partial charge in [0.2, 0.25) is 0 Å². The van der Waals surface area contributed by atoms with Crippen molar-refractivity contribution < 1.29 is 5.11 Å². The molecule has 2 saturated carbocycles. The lowest BCUT2D eigenvalue weighted by atomic mass is 10.1. The molecule has 2 heteroatoms. The van der Waals surface area contributed by atoms with E-state index in [9.17, 15) is 5.11 Å². The molecule has 3 rings (SSSR count). The predicted molar refractivity (Wildman–Crippen MR) is 64.3 cm³/mol. The number of benzene rings is 1. The van der Waals surface area contributed by atoms with Gasteiger partial charge in [0.15, 0.2) is 0 Å². The van der Waals surface area contributed by atoms with E-state index in [-0.39, 0.29) is 12.1 Å². The van der Waals surface area contributed by atoms with Gasteiger partial charge >= 0.3 is 0 Å². The first-order chi connectivity index (χ1) is 7.81. The molecule has 0 unspecified atom stereocenters. The average Bonchev–Trinajstić information content (AvgIpc) is 3.20. The van der Waals surface area contributed by atoms with Gasteiger partial charge in [0.25, 0.3) is 0 Å². The summed E-state index contributed by atoms with van der Waals surface area (Å²) in [4.78, 5) is 0. The van der Waals surface area contributed by atoms with E-state index in [1.807, 2.05) is 0 Å². The van der Waals surface area contributed by atoms with Crippen LogP contribution in [0.3, 0.4) is 0 Å². The SMILES string of the molecule is OCC1(NCc2cccc(C3CC3)c2)CC1. The van der Waals surface area contributed by atoms with Gasteiger partial charge in [-0.15, -0.1) is 0 Å². The minimum Gasteiger partial charge on any atom is -0.394 e. The van der Waals surface area contributed by atoms with Gasteiger partial charge in [-0.1, -0.05) is 24.3 Å². The lowest BCUT2D eigenvalue weighted by molar-refractivity contribution is 0.229. The van der Waals surface area contributed by atoms with Crippen LogP contribution in [0.4, 0.5) is 0 Å². The Balaban J connectivity index is 1.63. The first-order valence-corrected chi connectivity index (χ1v) is 6.26. The van der Waals surface area contributed by atoms with Crippen molar-refractivity contribution >= 4 is 0 Å². The second kappa shape index (κ2) is 3.86. The van der Waals surface area contributed by atoms with E-state index in [0.717, 1.165) is 25.3 Å². The summed E-state index contributed by atoms with van der Waals surface area (Å²) in [5, 5.41) is 12.7. The zero-order valence-electron chi connectivity index (χ0n) is 9.58. The summed E-state index contributed by atoms with van der Waals surface area (Å²) >= 11 is 0. The van der Waals surface area contributed by atoms with Gasteiger partial charge in [-0.3, -0.25) is 0 Å². The summed E-state index contributed by atoms with van der Waals surface area (Å²) in [6.07, 6.45) is 4.95. The van der Waals surface area contributed by atoms with Crippen LogP contribution in [0.15, 0.2) is 24.3 Å². The molecule has 2 fully saturated rings. The topological polar surface area (TPSA) is 32.3 Å². The van der Waals surface area contributed by atoms with E-state index in [1.54, 1.807) is 0 Å². The van der Waals surface area contributed by atoms with Crippen LogP contribution in [0.5, 0.6) is 0 Å². The van der Waals surface area contributed by atoms with Crippen molar-refractivity contribution in [2.45, 2.75) is 43.7 Å². The highest BCUT2D eigenvalue weighted by molar-refractivity contribution is 5.29. The first-order valence-electron chi connectivity index (χ1n) is 6.26. The Morgan fingerprint density at radius 3 is 2.75 bits per heavy atom. The third kappa shape index (κ3) is 2.13. The standard InChI is InChI=1S/C14H19NO/c16-10-14(6-7-14)15-9-11-2-1-3-13(8-11)12-4-5-12/h1-3,8,12,15-16H,4-7,9-10H2. The molecular formula is C14H19NO. The third-order valence-corrected chi connectivity index (χ3v) is 3.82. The molecule has 0 aliphatic heterocycles. The highest BCUT2D eigenvalue weighted by atomic mass is 16.3. The van der Waals surface area contributed by atoms with Crippen LogP contribution < -0.4 is 5.32 Å². The fraction of sp³-hybridized carbons (Fsp3) is 0.571. The van der Waals surface area contributed by atoms with Gasteiger partial charge < -0.3 is 10.4 Å². The Morgan fingerprint density at radius 2 is 2.12 bits per heavy atom. The summed E-state index contributed by atoms with van der Waals surface area (Å²) in [5.41, 5.74) is 2.90. The molecule has 0 amide bonds. The predicted octanol–water partition coefficient (Wildman–Crippen LogP) is 2.18. The molecule has 0 atom stereocenters. The Kier molecular flexibility index (Phi) is 2.49. The van der Waals surface area contributed by atoms with Crippen LogP contribution in [-0.4, -0.2) is 17.3 Å². The fourth-order valence-electron chi connectivity index (χ4n) is 2.20. The lowest BCUT2D eigenvalue weighted by Crippen LogP contribution is -2.34. The molecule has 0 saturated heterocycles. The van der Waals surface area contributed by atoms with E-state index in [2.05, 4.69) is 29.6 Å². The summed E-state index contributed by atoms with van der Waals surface area (Å²) in [6.45, 7) is 1.16. The van der Waals surface area contributed by atoms with Gasteiger partial charge in [0, 0.05) is 12.1 Å². The number of hydrogen-bond acceptors (Lipinski definition) is 2. The molecule has 2 nitrogen and oxygen atoms in total. The monoisotopic (exact) mass is 217 g/mol. The Hall–Kier alpha value is -0.860. The Bertz CT molecular complexity index is 380. The number of hydrogen-bond donors (Lipinski definition) is 2. The van der Waals surface area contributed by atoms with E-state index in [1.165, 1.54) is 24.0 Å². The molecule has 2 aliphatic rings. The zero-order chi connectivity index (χ0) is 11.0. The van der Waals surface area contributed by atoms with Crippen molar-refractivity contribution in [1.29, 1.82) is 0 Å². The van der Waals surface area contributed by atoms with Crippen LogP contribution in [-0.2, 0) is 6.54 Å². The van der Waals surface area contributed by atoms with Gasteiger partial charge in [-0.25, -0.2) is 0 Å². The third-order valence-electron chi connectivity index (χ3n) is 3.82. The highest BCUT2D eigenvalue weighted by Crippen LogP contribution is 2.40. The van der Waals surface area contributed by atoms with Gasteiger partial charge in [0.05, 0.1) is 6.61 Å². The maximum absolute atomic E-state index is 9.22. The molecule has 0 heterocycles. The fourth-order valence-corrected chi connectivity index (χ4v) is 2.20. The molecule has 1 aromatic rings. The number of rotatable bonds is 5. The molecule has 16 heavy (non-hydrogen) atoms. The van der Waals surface area contributed by atoms with Crippen molar-refractivity contribution in [1.82, 2.24) is 5.32 Å². The molecule has 0 aromatic heterocycles. The Morgan fingerprint density at radius 1 is 1.31 bits per heavy atom. The molecule has 0 bridgehead atoms. The first kappa shape index (κ1) is 10.3. The summed E-state index contributed by atoms with van der Waals surface area (Å²) in [7, 11) is 0. The second-order valence-electron chi connectivity index (χ2n) is 5.31. The summed E-state index contributed by atoms with van der Waals surface area (Å²) in [5.74, 6) is 0.827. The molecule has 0 radical (unpaired) electrons. The summed E-state index contributed by atoms with van der Waals surface area (Å²) in [6, 6.07) is 8.88. The number of nitrogens with one attached hydrogen (secondary N) is 1. The van der Waals surface area contributed by atoms with E-state index >= 15 is 0 Å². The normalized spacial score (nSPS) is 22.1. The highest BCUT2D eigenvalue weighted by Gasteiger charge is 2.41. The molecule has 1 aromatic carbocycles. The van der Waals surface area contributed by atoms with Gasteiger partial charge in [-0.05, 0) is 42.7 Å². The zero-order valence-corrected chi connectivity index (χ0v) is 9.58. The van der Waals surface area contributed by atoms with Crippen molar-refractivity contribution in [3.05, 3.63) is 35.4 Å². The lowest BCUT2D eigenvalue weighted by Gasteiger charge is -2.14. The van der Waals surface area contributed by atoms with Crippen LogP contribution in [0, 0.1) is 0 Å². The van der Waals surface area contributed by atoms with E-state index < -0.39 is 0 Å². The largest absolute Gasteiger partial charge is 0.394 e. The van der Waals surface area contributed by atoms with Crippen molar-refractivity contribution in [3.8, 4) is 0 Å². The maximum Gasteiger partial charge on any atom is 0.0613 e. The van der Waals surface area contributed by atoms with Crippen LogP contribution in [0.1, 0.15) is 42.7 Å². The van der Waals surface area contributed by atoms with Crippen LogP contribution >= 0.6 is 0 Å². The minimum absolute atomic E-state index is 0.0512. The van der Waals surface area contributed by atoms with Gasteiger partial charge in [0.1, 0.15) is 0 Å². The van der Waals surface area contributed by atoms with Gasteiger partial charge in [-0.2, -0.15) is 0 Å². The van der Waals surface area contributed by atoms with Crippen molar-refractivity contribution in [2.24, 2.45) is 0 Å². The molecule has 0 spiro atoms. The van der Waals surface area contributed by atoms with Crippen molar-refractivity contribution in [2.75, 3.05) is 6.61 Å². The second-order valence-corrected chi connectivity index (χ2v) is 5.31. The number of aliphatic hydroxyl groups is 1. The summed E-state index contributed by atoms with van der Waals surface area (Å²) < 4.78 is 0. The van der Waals surface area contributed by atoms with Crippen LogP contribution in [0.2, 0.25) is 0 Å². The Labute approximate surface area is 96.7 Å². The van der Waals surface area contributed by atoms with E-state index in [4.69, 9.17) is 0 Å². The maximum atomic E-state index is 9.22. The van der Waals surface area contributed by atoms with Crippen LogP contribution in [0.25, 0.3) is 0 Å². The minimum atomic E-state index is 0.0512. The quantitative estimate of drug-likeness (QED) is 0.792. The van der Waals surface area contributed by atoms with Crippen molar-refractivity contribution in [3.63, 3.8) is 0 Å². The van der Waals surface area contributed by atoms with E-state index in [0.29, 0.717) is 0 Å². The number of aliphatic hydroxyl groups excluding tert-OH is 1. The molecule has 2 N–H and O–H groups in total. The molecule has 86 valence electrons. The molecular weight excluding hydrogens is 198 g/mol. The smallest absolute Gasteiger partial charge is 0.0613 e. The average molecular weight is 217 g/mol. The molecule has 2 aliphatic carbocycles.